The first-order chi connectivity index (χ1) is 12.0. The molecule has 1 rings (SSSR count). The van der Waals surface area contributed by atoms with Crippen LogP contribution in [-0.2, 0) is 31.1 Å². The molecule has 0 saturated heterocycles. The molecular weight excluding hydrogens is 358 g/mol. The van der Waals surface area contributed by atoms with E-state index in [0.717, 1.165) is 11.8 Å². The summed E-state index contributed by atoms with van der Waals surface area (Å²) in [5.74, 6) is -0.779. The lowest BCUT2D eigenvalue weighted by Crippen LogP contribution is -2.43. The van der Waals surface area contributed by atoms with E-state index in [1.807, 2.05) is 44.2 Å². The van der Waals surface area contributed by atoms with E-state index < -0.39 is 33.4 Å². The van der Waals surface area contributed by atoms with Crippen molar-refractivity contribution in [3.63, 3.8) is 0 Å². The van der Waals surface area contributed by atoms with Gasteiger partial charge in [-0.25, -0.2) is 0 Å². The lowest BCUT2D eigenvalue weighted by molar-refractivity contribution is -0.128. The first-order valence-corrected chi connectivity index (χ1v) is 9.97. The summed E-state index contributed by atoms with van der Waals surface area (Å²) in [5.41, 5.74) is 0.281. The molecule has 0 fully saturated rings. The van der Waals surface area contributed by atoms with Crippen LogP contribution in [-0.4, -0.2) is 43.1 Å². The highest BCUT2D eigenvalue weighted by Gasteiger charge is 2.33. The molecule has 1 aromatic rings. The van der Waals surface area contributed by atoms with E-state index in [1.54, 1.807) is 0 Å². The number of carbonyl (C=O) groups is 2. The third-order valence-corrected chi connectivity index (χ3v) is 4.82. The lowest BCUT2D eigenvalue weighted by atomic mass is 9.80. The van der Waals surface area contributed by atoms with Gasteiger partial charge in [-0.3, -0.25) is 9.35 Å². The molecule has 0 heterocycles. The fourth-order valence-corrected chi connectivity index (χ4v) is 3.35. The molecule has 146 valence electrons. The molecular formula is C18H27NO6S. The second kappa shape index (κ2) is 9.80. The number of rotatable bonds is 11. The van der Waals surface area contributed by atoms with Crippen LogP contribution >= 0.6 is 0 Å². The molecule has 0 bridgehead atoms. The monoisotopic (exact) mass is 385 g/mol. The van der Waals surface area contributed by atoms with Gasteiger partial charge in [-0.2, -0.15) is 8.42 Å². The van der Waals surface area contributed by atoms with E-state index in [0.29, 0.717) is 6.42 Å². The zero-order valence-electron chi connectivity index (χ0n) is 15.3. The van der Waals surface area contributed by atoms with Gasteiger partial charge in [0.05, 0.1) is 12.4 Å². The van der Waals surface area contributed by atoms with Gasteiger partial charge in [0.25, 0.3) is 10.1 Å². The first-order valence-electron chi connectivity index (χ1n) is 8.36. The van der Waals surface area contributed by atoms with Gasteiger partial charge in [0, 0.05) is 13.0 Å². The summed E-state index contributed by atoms with van der Waals surface area (Å²) in [7, 11) is -4.13. The number of benzene rings is 1. The van der Waals surface area contributed by atoms with Gasteiger partial charge in [-0.15, -0.1) is 0 Å². The van der Waals surface area contributed by atoms with Crippen molar-refractivity contribution in [2.45, 2.75) is 52.4 Å². The van der Waals surface area contributed by atoms with Gasteiger partial charge in [0.2, 0.25) is 5.91 Å². The quantitative estimate of drug-likeness (QED) is 0.445. The summed E-state index contributed by atoms with van der Waals surface area (Å²) in [6, 6.07) is 8.91. The second-order valence-corrected chi connectivity index (χ2v) is 8.59. The zero-order chi connectivity index (χ0) is 19.8. The van der Waals surface area contributed by atoms with Crippen LogP contribution < -0.4 is 5.32 Å². The van der Waals surface area contributed by atoms with E-state index in [1.165, 1.54) is 6.92 Å². The molecule has 1 amide bonds. The van der Waals surface area contributed by atoms with Crippen molar-refractivity contribution in [2.75, 3.05) is 5.75 Å². The summed E-state index contributed by atoms with van der Waals surface area (Å²) in [6.45, 7) is 5.23. The summed E-state index contributed by atoms with van der Waals surface area (Å²) < 4.78 is 36.7. The van der Waals surface area contributed by atoms with E-state index >= 15 is 0 Å². The number of amides is 1. The number of nitrogens with one attached hydrogen (secondary N) is 1. The number of hydrogen-bond donors (Lipinski definition) is 2. The van der Waals surface area contributed by atoms with E-state index in [2.05, 4.69) is 5.32 Å². The fraction of sp³-hybridized carbons (Fsp3) is 0.556. The maximum atomic E-state index is 11.5. The molecule has 0 aliphatic rings. The number of aldehydes is 1. The Balaban J connectivity index is 2.77. The highest BCUT2D eigenvalue weighted by molar-refractivity contribution is 7.85. The van der Waals surface area contributed by atoms with Gasteiger partial charge in [0.1, 0.15) is 12.4 Å². The molecule has 0 saturated carbocycles. The molecule has 26 heavy (non-hydrogen) atoms. The van der Waals surface area contributed by atoms with Crippen LogP contribution in [0.5, 0.6) is 0 Å². The smallest absolute Gasteiger partial charge is 0.264 e. The Morgan fingerprint density at radius 1 is 1.31 bits per heavy atom. The van der Waals surface area contributed by atoms with Crippen LogP contribution in [0, 0.1) is 5.41 Å². The first kappa shape index (κ1) is 22.3. The van der Waals surface area contributed by atoms with Crippen molar-refractivity contribution in [3.05, 3.63) is 35.9 Å². The van der Waals surface area contributed by atoms with Crippen LogP contribution in [0.1, 0.15) is 39.2 Å². The van der Waals surface area contributed by atoms with E-state index in [-0.39, 0.29) is 18.9 Å². The predicted molar refractivity (Wildman–Crippen MR) is 98.1 cm³/mol. The Morgan fingerprint density at radius 3 is 2.42 bits per heavy atom. The Morgan fingerprint density at radius 2 is 1.92 bits per heavy atom. The second-order valence-electron chi connectivity index (χ2n) is 7.02. The van der Waals surface area contributed by atoms with Gasteiger partial charge >= 0.3 is 0 Å². The zero-order valence-corrected chi connectivity index (χ0v) is 16.2. The Labute approximate surface area is 154 Å². The third kappa shape index (κ3) is 8.55. The highest BCUT2D eigenvalue weighted by atomic mass is 32.2. The minimum Gasteiger partial charge on any atom is -0.366 e. The Kier molecular flexibility index (Phi) is 8.39. The Bertz CT molecular complexity index is 687. The predicted octanol–water partition coefficient (Wildman–Crippen LogP) is 1.97. The molecule has 0 aliphatic heterocycles. The molecule has 0 radical (unpaired) electrons. The standard InChI is InChI=1S/C18H27NO6S/c1-14(21)19-16(9-10-26(22,23)24)11-18(2,3)17(12-20)25-13-15-7-5-4-6-8-15/h4-8,12,16-17H,9-11,13H2,1-3H3,(H,19,21)(H,22,23,24). The minimum atomic E-state index is -4.13. The summed E-state index contributed by atoms with van der Waals surface area (Å²) in [4.78, 5) is 22.9. The molecule has 0 spiro atoms. The minimum absolute atomic E-state index is 0.0477. The molecule has 2 N–H and O–H groups in total. The summed E-state index contributed by atoms with van der Waals surface area (Å²) in [6.07, 6.45) is 0.355. The molecule has 0 aliphatic carbocycles. The van der Waals surface area contributed by atoms with Crippen LogP contribution in [0.4, 0.5) is 0 Å². The van der Waals surface area contributed by atoms with Gasteiger partial charge < -0.3 is 14.8 Å². The van der Waals surface area contributed by atoms with Crippen LogP contribution in [0.2, 0.25) is 0 Å². The van der Waals surface area contributed by atoms with Crippen molar-refractivity contribution in [1.29, 1.82) is 0 Å². The van der Waals surface area contributed by atoms with Crippen LogP contribution in [0.25, 0.3) is 0 Å². The van der Waals surface area contributed by atoms with Gasteiger partial charge in [-0.05, 0) is 23.8 Å². The topological polar surface area (TPSA) is 110 Å². The van der Waals surface area contributed by atoms with Crippen molar-refractivity contribution >= 4 is 22.3 Å². The SMILES string of the molecule is CC(=O)NC(CCS(=O)(=O)O)CC(C)(C)C(C=O)OCc1ccccc1. The Hall–Kier alpha value is -1.77. The van der Waals surface area contributed by atoms with Crippen molar-refractivity contribution in [2.24, 2.45) is 5.41 Å². The molecule has 2 atom stereocenters. The van der Waals surface area contributed by atoms with E-state index in [9.17, 15) is 18.0 Å². The fourth-order valence-electron chi connectivity index (χ4n) is 2.76. The lowest BCUT2D eigenvalue weighted by Gasteiger charge is -2.34. The summed E-state index contributed by atoms with van der Waals surface area (Å²) in [5, 5.41) is 2.68. The molecule has 2 unspecified atom stereocenters. The van der Waals surface area contributed by atoms with E-state index in [4.69, 9.17) is 9.29 Å². The molecule has 1 aromatic carbocycles. The van der Waals surface area contributed by atoms with Gasteiger partial charge in [0.15, 0.2) is 0 Å². The number of carbonyl (C=O) groups excluding carboxylic acids is 2. The average molecular weight is 385 g/mol. The maximum absolute atomic E-state index is 11.5. The highest BCUT2D eigenvalue weighted by Crippen LogP contribution is 2.30. The normalized spacial score (nSPS) is 14.5. The number of ether oxygens (including phenoxy) is 1. The molecule has 8 heteroatoms. The largest absolute Gasteiger partial charge is 0.366 e. The average Bonchev–Trinajstić information content (AvgIpc) is 2.52. The maximum Gasteiger partial charge on any atom is 0.264 e. The van der Waals surface area contributed by atoms with Crippen molar-refractivity contribution in [1.82, 2.24) is 5.32 Å². The van der Waals surface area contributed by atoms with Crippen LogP contribution in [0.3, 0.4) is 0 Å². The van der Waals surface area contributed by atoms with Crippen LogP contribution in [0.15, 0.2) is 30.3 Å². The van der Waals surface area contributed by atoms with Crippen molar-refractivity contribution in [3.8, 4) is 0 Å². The van der Waals surface area contributed by atoms with Crippen molar-refractivity contribution < 1.29 is 27.3 Å². The third-order valence-electron chi connectivity index (χ3n) is 4.07. The van der Waals surface area contributed by atoms with Gasteiger partial charge in [-0.1, -0.05) is 44.2 Å². The number of hydrogen-bond acceptors (Lipinski definition) is 5. The summed E-state index contributed by atoms with van der Waals surface area (Å²) >= 11 is 0. The molecule has 7 nitrogen and oxygen atoms in total. The molecule has 0 aromatic heterocycles.